The molecule has 2 fully saturated rings. The Kier molecular flexibility index (Phi) is 8.12. The van der Waals surface area contributed by atoms with Crippen molar-refractivity contribution < 1.29 is 9.47 Å². The van der Waals surface area contributed by atoms with E-state index in [4.69, 9.17) is 14.5 Å². The van der Waals surface area contributed by atoms with Gasteiger partial charge in [-0.3, -0.25) is 0 Å². The molecule has 5 rings (SSSR count). The smallest absolute Gasteiger partial charge is 0.250 e. The predicted molar refractivity (Wildman–Crippen MR) is 146 cm³/mol. The number of halogens is 1. The second-order valence-corrected chi connectivity index (χ2v) is 9.65. The maximum Gasteiger partial charge on any atom is 0.250 e. The number of nitrogens with one attached hydrogen (secondary N) is 1. The van der Waals surface area contributed by atoms with Crippen molar-refractivity contribution in [1.82, 2.24) is 15.0 Å². The third kappa shape index (κ3) is 6.63. The lowest BCUT2D eigenvalue weighted by Gasteiger charge is -2.20. The quantitative estimate of drug-likeness (QED) is 0.219. The Morgan fingerprint density at radius 2 is 1.25 bits per heavy atom. The van der Waals surface area contributed by atoms with E-state index in [9.17, 15) is 0 Å². The van der Waals surface area contributed by atoms with Crippen LogP contribution in [0.2, 0.25) is 0 Å². The Labute approximate surface area is 219 Å². The summed E-state index contributed by atoms with van der Waals surface area (Å²) in [5.41, 5.74) is 3.94. The topological polar surface area (TPSA) is 88.0 Å². The maximum atomic E-state index is 5.77. The minimum atomic E-state index is 0.461. The molecule has 0 saturated carbocycles. The molecule has 0 bridgehead atoms. The fraction of sp³-hybridized carbons (Fsp3) is 0.385. The largest absolute Gasteiger partial charge is 0.490 e. The highest BCUT2D eigenvalue weighted by molar-refractivity contribution is 9.10. The molecule has 3 heterocycles. The third-order valence-electron chi connectivity index (χ3n) is 6.08. The summed E-state index contributed by atoms with van der Waals surface area (Å²) >= 11 is 3.42. The van der Waals surface area contributed by atoms with Gasteiger partial charge in [-0.15, -0.1) is 0 Å². The highest BCUT2D eigenvalue weighted by atomic mass is 79.9. The van der Waals surface area contributed by atoms with E-state index in [1.54, 1.807) is 6.21 Å². The van der Waals surface area contributed by atoms with Gasteiger partial charge in [0, 0.05) is 30.7 Å². The van der Waals surface area contributed by atoms with E-state index in [0.717, 1.165) is 59.6 Å². The van der Waals surface area contributed by atoms with Crippen molar-refractivity contribution in [2.45, 2.75) is 25.7 Å². The van der Waals surface area contributed by atoms with Gasteiger partial charge in [0.15, 0.2) is 0 Å². The van der Waals surface area contributed by atoms with Gasteiger partial charge in [0.2, 0.25) is 17.8 Å². The molecule has 0 atom stereocenters. The lowest BCUT2D eigenvalue weighted by atomic mass is 10.2. The van der Waals surface area contributed by atoms with Gasteiger partial charge in [-0.1, -0.05) is 15.9 Å². The van der Waals surface area contributed by atoms with Crippen LogP contribution in [0.5, 0.6) is 11.5 Å². The van der Waals surface area contributed by atoms with Gasteiger partial charge in [-0.05, 0) is 79.8 Å². The van der Waals surface area contributed by atoms with Gasteiger partial charge in [-0.25, -0.2) is 5.43 Å². The maximum absolute atomic E-state index is 5.77. The highest BCUT2D eigenvalue weighted by Gasteiger charge is 2.21. The minimum absolute atomic E-state index is 0.461. The molecule has 2 saturated heterocycles. The van der Waals surface area contributed by atoms with Crippen LogP contribution in [-0.2, 0) is 0 Å². The van der Waals surface area contributed by atoms with E-state index in [0.29, 0.717) is 19.2 Å². The zero-order chi connectivity index (χ0) is 24.6. The molecular formula is C26H30BrN7O2. The summed E-state index contributed by atoms with van der Waals surface area (Å²) in [5, 5.41) is 4.36. The normalized spacial score (nSPS) is 15.6. The second-order valence-electron chi connectivity index (χ2n) is 8.74. The van der Waals surface area contributed by atoms with Crippen molar-refractivity contribution in [1.29, 1.82) is 0 Å². The first-order valence-electron chi connectivity index (χ1n) is 12.4. The minimum Gasteiger partial charge on any atom is -0.490 e. The predicted octanol–water partition coefficient (Wildman–Crippen LogP) is 4.74. The molecule has 10 heteroatoms. The summed E-state index contributed by atoms with van der Waals surface area (Å²) in [5.74, 6) is 3.53. The van der Waals surface area contributed by atoms with Crippen LogP contribution >= 0.6 is 15.9 Å². The number of hydrogen-bond acceptors (Lipinski definition) is 9. The van der Waals surface area contributed by atoms with Crippen LogP contribution in [-0.4, -0.2) is 60.6 Å². The standard InChI is InChI=1S/C26H30BrN7O2/c27-21-7-11-23(12-8-21)36-18-17-35-22-9-5-20(6-10-22)19-28-32-24-29-25(33-13-1-2-14-33)31-26(30-24)34-15-3-4-16-34/h5-12,19H,1-4,13-18H2,(H,29,30,31,32). The third-order valence-corrected chi connectivity index (χ3v) is 6.61. The summed E-state index contributed by atoms with van der Waals surface area (Å²) in [7, 11) is 0. The van der Waals surface area contributed by atoms with E-state index < -0.39 is 0 Å². The first-order chi connectivity index (χ1) is 17.7. The summed E-state index contributed by atoms with van der Waals surface area (Å²) in [6.07, 6.45) is 6.43. The molecule has 0 radical (unpaired) electrons. The highest BCUT2D eigenvalue weighted by Crippen LogP contribution is 2.23. The number of rotatable bonds is 10. The van der Waals surface area contributed by atoms with E-state index >= 15 is 0 Å². The van der Waals surface area contributed by atoms with E-state index in [-0.39, 0.29) is 0 Å². The van der Waals surface area contributed by atoms with Gasteiger partial charge in [0.1, 0.15) is 24.7 Å². The molecule has 2 aliphatic heterocycles. The van der Waals surface area contributed by atoms with Crippen molar-refractivity contribution in [2.24, 2.45) is 5.10 Å². The fourth-order valence-electron chi connectivity index (χ4n) is 4.19. The molecule has 2 aliphatic rings. The summed E-state index contributed by atoms with van der Waals surface area (Å²) in [4.78, 5) is 18.4. The van der Waals surface area contributed by atoms with Crippen molar-refractivity contribution >= 4 is 40.0 Å². The lowest BCUT2D eigenvalue weighted by Crippen LogP contribution is -2.25. The van der Waals surface area contributed by atoms with Gasteiger partial charge in [-0.2, -0.15) is 20.1 Å². The number of benzene rings is 2. The molecule has 0 aliphatic carbocycles. The molecule has 0 unspecified atom stereocenters. The zero-order valence-corrected chi connectivity index (χ0v) is 21.7. The Morgan fingerprint density at radius 1 is 0.750 bits per heavy atom. The Balaban J connectivity index is 1.14. The number of anilines is 3. The van der Waals surface area contributed by atoms with Crippen LogP contribution in [0.15, 0.2) is 58.1 Å². The molecule has 188 valence electrons. The Morgan fingerprint density at radius 3 is 1.78 bits per heavy atom. The van der Waals surface area contributed by atoms with Crippen molar-refractivity contribution in [2.75, 3.05) is 54.6 Å². The summed E-state index contributed by atoms with van der Waals surface area (Å²) in [6.45, 7) is 4.87. The molecular weight excluding hydrogens is 522 g/mol. The summed E-state index contributed by atoms with van der Waals surface area (Å²) < 4.78 is 12.5. The number of aromatic nitrogens is 3. The van der Waals surface area contributed by atoms with E-state index in [1.807, 2.05) is 48.5 Å². The molecule has 0 spiro atoms. The number of nitrogens with zero attached hydrogens (tertiary/aromatic N) is 6. The first-order valence-corrected chi connectivity index (χ1v) is 13.2. The first kappa shape index (κ1) is 24.3. The lowest BCUT2D eigenvalue weighted by molar-refractivity contribution is 0.217. The van der Waals surface area contributed by atoms with Crippen molar-refractivity contribution in [3.63, 3.8) is 0 Å². The van der Waals surface area contributed by atoms with Crippen LogP contribution < -0.4 is 24.7 Å². The fourth-order valence-corrected chi connectivity index (χ4v) is 4.45. The molecule has 9 nitrogen and oxygen atoms in total. The van der Waals surface area contributed by atoms with Crippen LogP contribution in [0.3, 0.4) is 0 Å². The van der Waals surface area contributed by atoms with Crippen molar-refractivity contribution in [3.8, 4) is 11.5 Å². The van der Waals surface area contributed by atoms with E-state index in [1.165, 1.54) is 25.7 Å². The SMILES string of the molecule is Brc1ccc(OCCOc2ccc(C=NNc3nc(N4CCCC4)nc(N4CCCC4)n3)cc2)cc1. The van der Waals surface area contributed by atoms with Crippen LogP contribution in [0, 0.1) is 0 Å². The van der Waals surface area contributed by atoms with E-state index in [2.05, 4.69) is 46.2 Å². The zero-order valence-electron chi connectivity index (χ0n) is 20.1. The molecule has 36 heavy (non-hydrogen) atoms. The average Bonchev–Trinajstić information content (AvgIpc) is 3.64. The van der Waals surface area contributed by atoms with Crippen LogP contribution in [0.1, 0.15) is 31.2 Å². The molecule has 0 amide bonds. The Bertz CT molecular complexity index is 1110. The van der Waals surface area contributed by atoms with Crippen LogP contribution in [0.4, 0.5) is 17.8 Å². The van der Waals surface area contributed by atoms with Crippen LogP contribution in [0.25, 0.3) is 0 Å². The van der Waals surface area contributed by atoms with Gasteiger partial charge < -0.3 is 19.3 Å². The van der Waals surface area contributed by atoms with Gasteiger partial charge in [0.05, 0.1) is 6.21 Å². The monoisotopic (exact) mass is 551 g/mol. The van der Waals surface area contributed by atoms with Gasteiger partial charge in [0.25, 0.3) is 0 Å². The molecule has 3 aromatic rings. The number of hydrogen-bond donors (Lipinski definition) is 1. The average molecular weight is 552 g/mol. The Hall–Kier alpha value is -3.40. The molecule has 1 N–H and O–H groups in total. The number of hydrazone groups is 1. The van der Waals surface area contributed by atoms with Crippen molar-refractivity contribution in [3.05, 3.63) is 58.6 Å². The molecule has 1 aromatic heterocycles. The second kappa shape index (κ2) is 12.0. The van der Waals surface area contributed by atoms with Gasteiger partial charge >= 0.3 is 0 Å². The summed E-state index contributed by atoms with van der Waals surface area (Å²) in [6, 6.07) is 15.5. The number of ether oxygens (including phenoxy) is 2. The molecule has 2 aromatic carbocycles.